The molecule has 12 rings (SSSR count). The molecule has 0 N–H and O–H groups in total. The van der Waals surface area contributed by atoms with Crippen LogP contribution in [0.15, 0.2) is 176 Å². The summed E-state index contributed by atoms with van der Waals surface area (Å²) >= 11 is 0. The third kappa shape index (κ3) is 3.27. The zero-order chi connectivity index (χ0) is 34.1. The van der Waals surface area contributed by atoms with Crippen LogP contribution in [0.4, 0.5) is 0 Å². The van der Waals surface area contributed by atoms with Gasteiger partial charge in [-0.1, -0.05) is 146 Å². The van der Waals surface area contributed by atoms with E-state index in [1.165, 1.54) is 105 Å². The fraction of sp³-hybridized carbons (Fsp3) is 0.0400. The van der Waals surface area contributed by atoms with Gasteiger partial charge in [-0.3, -0.25) is 0 Å². The minimum Gasteiger partial charge on any atom is -0.309 e. The number of nitrogens with zero attached hydrogens (tertiary/aromatic N) is 2. The monoisotopic (exact) mass is 660 g/mol. The Kier molecular flexibility index (Phi) is 5.40. The highest BCUT2D eigenvalue weighted by molar-refractivity contribution is 6.12. The zero-order valence-electron chi connectivity index (χ0n) is 28.6. The SMILES string of the molecule is Cc1ccc2c(c1-n1c3ccccc3c3ccccc31)-c1ccccc1C21c2ccccc2-c2c(-n3c4ccccc4c4ccccc43)cccc21. The van der Waals surface area contributed by atoms with E-state index >= 15 is 0 Å². The summed E-state index contributed by atoms with van der Waals surface area (Å²) < 4.78 is 5.03. The second kappa shape index (κ2) is 9.99. The summed E-state index contributed by atoms with van der Waals surface area (Å²) in [5.74, 6) is 0. The van der Waals surface area contributed by atoms with Crippen molar-refractivity contribution in [2.75, 3.05) is 0 Å². The van der Waals surface area contributed by atoms with Gasteiger partial charge >= 0.3 is 0 Å². The van der Waals surface area contributed by atoms with Crippen molar-refractivity contribution >= 4 is 43.6 Å². The molecule has 242 valence electrons. The molecule has 2 aliphatic rings. The van der Waals surface area contributed by atoms with Gasteiger partial charge in [0.1, 0.15) is 0 Å². The molecule has 0 saturated heterocycles. The van der Waals surface area contributed by atoms with Crippen LogP contribution in [0.3, 0.4) is 0 Å². The first kappa shape index (κ1) is 28.1. The molecule has 1 spiro atoms. The third-order valence-electron chi connectivity index (χ3n) is 12.1. The van der Waals surface area contributed by atoms with Crippen LogP contribution < -0.4 is 0 Å². The van der Waals surface area contributed by atoms with Crippen LogP contribution in [0, 0.1) is 6.92 Å². The molecule has 2 aromatic heterocycles. The van der Waals surface area contributed by atoms with Crippen molar-refractivity contribution < 1.29 is 0 Å². The molecule has 1 unspecified atom stereocenters. The molecule has 0 radical (unpaired) electrons. The molecule has 2 aliphatic carbocycles. The van der Waals surface area contributed by atoms with E-state index in [0.29, 0.717) is 0 Å². The Balaban J connectivity index is 1.24. The summed E-state index contributed by atoms with van der Waals surface area (Å²) in [6, 6.07) is 65.6. The molecule has 1 atom stereocenters. The Morgan fingerprint density at radius 2 is 0.769 bits per heavy atom. The van der Waals surface area contributed by atoms with Crippen molar-refractivity contribution in [3.05, 3.63) is 204 Å². The lowest BCUT2D eigenvalue weighted by molar-refractivity contribution is 0.792. The Morgan fingerprint density at radius 3 is 1.33 bits per heavy atom. The summed E-state index contributed by atoms with van der Waals surface area (Å²) in [6.07, 6.45) is 0. The van der Waals surface area contributed by atoms with E-state index in [0.717, 1.165) is 0 Å². The van der Waals surface area contributed by atoms with Gasteiger partial charge < -0.3 is 9.13 Å². The fourth-order valence-electron chi connectivity index (χ4n) is 10.2. The molecular weight excluding hydrogens is 629 g/mol. The molecule has 0 fully saturated rings. The van der Waals surface area contributed by atoms with Crippen LogP contribution in [0.1, 0.15) is 27.8 Å². The molecule has 0 saturated carbocycles. The van der Waals surface area contributed by atoms with Gasteiger partial charge in [-0.25, -0.2) is 0 Å². The van der Waals surface area contributed by atoms with Gasteiger partial charge in [0.25, 0.3) is 0 Å². The maximum atomic E-state index is 2.53. The van der Waals surface area contributed by atoms with Crippen molar-refractivity contribution in [1.82, 2.24) is 9.13 Å². The van der Waals surface area contributed by atoms with Crippen LogP contribution in [0.25, 0.3) is 77.2 Å². The lowest BCUT2D eigenvalue weighted by atomic mass is 9.70. The summed E-state index contributed by atoms with van der Waals surface area (Å²) in [7, 11) is 0. The van der Waals surface area contributed by atoms with Crippen molar-refractivity contribution in [1.29, 1.82) is 0 Å². The van der Waals surface area contributed by atoms with Gasteiger partial charge in [0.2, 0.25) is 0 Å². The topological polar surface area (TPSA) is 9.86 Å². The molecule has 52 heavy (non-hydrogen) atoms. The third-order valence-corrected chi connectivity index (χ3v) is 12.1. The summed E-state index contributed by atoms with van der Waals surface area (Å²) in [6.45, 7) is 2.28. The highest BCUT2D eigenvalue weighted by Gasteiger charge is 2.53. The van der Waals surface area contributed by atoms with E-state index in [4.69, 9.17) is 0 Å². The summed E-state index contributed by atoms with van der Waals surface area (Å²) in [4.78, 5) is 0. The first-order valence-corrected chi connectivity index (χ1v) is 18.2. The Morgan fingerprint density at radius 1 is 0.346 bits per heavy atom. The van der Waals surface area contributed by atoms with Gasteiger partial charge in [-0.15, -0.1) is 0 Å². The highest BCUT2D eigenvalue weighted by atomic mass is 15.0. The Bertz CT molecular complexity index is 3050. The summed E-state index contributed by atoms with van der Waals surface area (Å²) in [5.41, 5.74) is 18.8. The average Bonchev–Trinajstić information content (AvgIpc) is 3.90. The molecule has 0 amide bonds. The molecule has 8 aromatic carbocycles. The predicted octanol–water partition coefficient (Wildman–Crippen LogP) is 12.5. The number of hydrogen-bond acceptors (Lipinski definition) is 0. The molecule has 0 aliphatic heterocycles. The normalized spacial score (nSPS) is 15.5. The fourth-order valence-corrected chi connectivity index (χ4v) is 10.2. The Labute approximate surface area is 301 Å². The molecule has 2 nitrogen and oxygen atoms in total. The van der Waals surface area contributed by atoms with Crippen LogP contribution in [-0.4, -0.2) is 9.13 Å². The number of fused-ring (bicyclic) bond motifs is 16. The molecule has 10 aromatic rings. The molecule has 0 bridgehead atoms. The van der Waals surface area contributed by atoms with Crippen LogP contribution in [0.2, 0.25) is 0 Å². The maximum Gasteiger partial charge on any atom is 0.0727 e. The van der Waals surface area contributed by atoms with E-state index in [-0.39, 0.29) is 0 Å². The Hall–Kier alpha value is -6.64. The van der Waals surface area contributed by atoms with Crippen LogP contribution in [-0.2, 0) is 5.41 Å². The molecule has 2 heteroatoms. The maximum absolute atomic E-state index is 2.53. The van der Waals surface area contributed by atoms with E-state index < -0.39 is 5.41 Å². The van der Waals surface area contributed by atoms with Gasteiger partial charge in [-0.2, -0.15) is 0 Å². The largest absolute Gasteiger partial charge is 0.309 e. The van der Waals surface area contributed by atoms with E-state index in [9.17, 15) is 0 Å². The van der Waals surface area contributed by atoms with Crippen molar-refractivity contribution in [3.8, 4) is 33.6 Å². The second-order valence-corrected chi connectivity index (χ2v) is 14.4. The zero-order valence-corrected chi connectivity index (χ0v) is 28.6. The predicted molar refractivity (Wildman–Crippen MR) is 216 cm³/mol. The molecule has 2 heterocycles. The van der Waals surface area contributed by atoms with E-state index in [1.807, 2.05) is 0 Å². The average molecular weight is 661 g/mol. The van der Waals surface area contributed by atoms with Gasteiger partial charge in [0.15, 0.2) is 0 Å². The van der Waals surface area contributed by atoms with Crippen molar-refractivity contribution in [3.63, 3.8) is 0 Å². The van der Waals surface area contributed by atoms with Crippen LogP contribution >= 0.6 is 0 Å². The second-order valence-electron chi connectivity index (χ2n) is 14.4. The quantitative estimate of drug-likeness (QED) is 0.175. The number of benzene rings is 8. The molecular formula is C50H32N2. The number of aromatic nitrogens is 2. The van der Waals surface area contributed by atoms with Gasteiger partial charge in [0, 0.05) is 32.7 Å². The first-order chi connectivity index (χ1) is 25.8. The smallest absolute Gasteiger partial charge is 0.0727 e. The lowest BCUT2D eigenvalue weighted by Gasteiger charge is -2.31. The van der Waals surface area contributed by atoms with Gasteiger partial charge in [-0.05, 0) is 76.2 Å². The van der Waals surface area contributed by atoms with Crippen molar-refractivity contribution in [2.24, 2.45) is 0 Å². The minimum atomic E-state index is -0.478. The first-order valence-electron chi connectivity index (χ1n) is 18.2. The number of hydrogen-bond donors (Lipinski definition) is 0. The van der Waals surface area contributed by atoms with E-state index in [1.54, 1.807) is 0 Å². The summed E-state index contributed by atoms with van der Waals surface area (Å²) in [5, 5.41) is 5.12. The van der Waals surface area contributed by atoms with E-state index in [2.05, 4.69) is 192 Å². The van der Waals surface area contributed by atoms with Crippen molar-refractivity contribution in [2.45, 2.75) is 12.3 Å². The van der Waals surface area contributed by atoms with Gasteiger partial charge in [0.05, 0.1) is 38.9 Å². The highest BCUT2D eigenvalue weighted by Crippen LogP contribution is 2.65. The minimum absolute atomic E-state index is 0.478. The number of aryl methyl sites for hydroxylation is 1. The lowest BCUT2D eigenvalue weighted by Crippen LogP contribution is -2.26. The number of rotatable bonds is 2. The number of para-hydroxylation sites is 4. The van der Waals surface area contributed by atoms with Crippen LogP contribution in [0.5, 0.6) is 0 Å². The standard InChI is InChI=1S/C50H32N2/c1-31-29-30-41-48(49(31)52-44-26-12-6-17-34(44)35-18-7-13-27-45(35)52)37-20-3-9-22-39(37)50(41)38-21-8-2-19-36(38)47-40(50)23-14-28-46(47)51-42-24-10-4-15-32(42)33-16-5-11-25-43(33)51/h2-30H,1H3.